The molecule has 7 nitrogen and oxygen atoms in total. The van der Waals surface area contributed by atoms with Crippen molar-refractivity contribution < 1.29 is 17.6 Å². The Kier molecular flexibility index (Phi) is 5.74. The molecule has 8 heteroatoms. The number of amides is 1. The van der Waals surface area contributed by atoms with E-state index in [1.807, 2.05) is 0 Å². The summed E-state index contributed by atoms with van der Waals surface area (Å²) in [5.74, 6) is 0.768. The maximum Gasteiger partial charge on any atom is 0.251 e. The van der Waals surface area contributed by atoms with Crippen LogP contribution in [0.25, 0.3) is 0 Å². The van der Waals surface area contributed by atoms with Crippen LogP contribution in [0.3, 0.4) is 0 Å². The Hall–Kier alpha value is -2.19. The quantitative estimate of drug-likeness (QED) is 0.823. The van der Waals surface area contributed by atoms with Gasteiger partial charge in [-0.1, -0.05) is 13.8 Å². The zero-order valence-corrected chi connectivity index (χ0v) is 14.8. The molecule has 0 fully saturated rings. The number of oxazole rings is 1. The summed E-state index contributed by atoms with van der Waals surface area (Å²) in [7, 11) is -3.52. The van der Waals surface area contributed by atoms with Crippen molar-refractivity contribution >= 4 is 15.9 Å². The highest BCUT2D eigenvalue weighted by Crippen LogP contribution is 2.16. The van der Waals surface area contributed by atoms with E-state index in [4.69, 9.17) is 4.42 Å². The zero-order chi connectivity index (χ0) is 17.7. The van der Waals surface area contributed by atoms with Crippen LogP contribution in [-0.4, -0.2) is 36.7 Å². The van der Waals surface area contributed by atoms with Crippen LogP contribution < -0.4 is 5.32 Å². The number of carbonyl (C=O) groups is 1. The fourth-order valence-electron chi connectivity index (χ4n) is 2.23. The molecule has 0 unspecified atom stereocenters. The molecule has 0 saturated carbocycles. The first-order valence-electron chi connectivity index (χ1n) is 7.68. The van der Waals surface area contributed by atoms with Gasteiger partial charge in [-0.05, 0) is 31.2 Å². The molecular weight excluding hydrogens is 330 g/mol. The molecule has 0 bridgehead atoms. The molecule has 2 rings (SSSR count). The number of hydrogen-bond acceptors (Lipinski definition) is 5. The lowest BCUT2D eigenvalue weighted by Gasteiger charge is -2.18. The van der Waals surface area contributed by atoms with Gasteiger partial charge in [-0.15, -0.1) is 0 Å². The number of nitrogens with zero attached hydrogens (tertiary/aromatic N) is 2. The minimum absolute atomic E-state index is 0.172. The maximum atomic E-state index is 12.4. The Morgan fingerprint density at radius 1 is 1.21 bits per heavy atom. The summed E-state index contributed by atoms with van der Waals surface area (Å²) < 4.78 is 31.4. The van der Waals surface area contributed by atoms with Gasteiger partial charge in [-0.3, -0.25) is 4.79 Å². The third-order valence-corrected chi connectivity index (χ3v) is 5.59. The van der Waals surface area contributed by atoms with Crippen molar-refractivity contribution in [2.75, 3.05) is 13.1 Å². The predicted molar refractivity (Wildman–Crippen MR) is 89.0 cm³/mol. The van der Waals surface area contributed by atoms with Gasteiger partial charge in [0.25, 0.3) is 5.91 Å². The average Bonchev–Trinajstić information content (AvgIpc) is 2.99. The van der Waals surface area contributed by atoms with E-state index in [0.717, 1.165) is 0 Å². The first-order valence-corrected chi connectivity index (χ1v) is 9.12. The normalized spacial score (nSPS) is 11.7. The number of nitrogens with one attached hydrogen (secondary N) is 1. The van der Waals surface area contributed by atoms with E-state index in [1.54, 1.807) is 27.0 Å². The number of benzene rings is 1. The number of hydrogen-bond donors (Lipinski definition) is 1. The van der Waals surface area contributed by atoms with Crippen LogP contribution in [0, 0.1) is 6.92 Å². The SMILES string of the molecule is CCN(CC)S(=O)(=O)c1ccc(C(=O)NCc2ncc(C)o2)cc1. The first kappa shape index (κ1) is 18.2. The summed E-state index contributed by atoms with van der Waals surface area (Å²) in [4.78, 5) is 16.3. The van der Waals surface area contributed by atoms with Gasteiger partial charge < -0.3 is 9.73 Å². The van der Waals surface area contributed by atoms with Crippen LogP contribution in [-0.2, 0) is 16.6 Å². The predicted octanol–water partition coefficient (Wildman–Crippen LogP) is 1.94. The maximum absolute atomic E-state index is 12.4. The summed E-state index contributed by atoms with van der Waals surface area (Å²) in [6.07, 6.45) is 1.58. The highest BCUT2D eigenvalue weighted by molar-refractivity contribution is 7.89. The third kappa shape index (κ3) is 4.01. The van der Waals surface area contributed by atoms with Crippen LogP contribution in [0.2, 0.25) is 0 Å². The molecule has 0 spiro atoms. The molecule has 0 aliphatic rings. The molecule has 1 amide bonds. The van der Waals surface area contributed by atoms with E-state index < -0.39 is 10.0 Å². The summed E-state index contributed by atoms with van der Waals surface area (Å²) >= 11 is 0. The highest BCUT2D eigenvalue weighted by Gasteiger charge is 2.21. The van der Waals surface area contributed by atoms with Crippen molar-refractivity contribution in [2.24, 2.45) is 0 Å². The second-order valence-corrected chi connectivity index (χ2v) is 7.10. The van der Waals surface area contributed by atoms with Gasteiger partial charge in [0.2, 0.25) is 15.9 Å². The second kappa shape index (κ2) is 7.59. The summed E-state index contributed by atoms with van der Waals surface area (Å²) in [5.41, 5.74) is 0.372. The smallest absolute Gasteiger partial charge is 0.251 e. The molecule has 24 heavy (non-hydrogen) atoms. The van der Waals surface area contributed by atoms with Crippen LogP contribution in [0.5, 0.6) is 0 Å². The Morgan fingerprint density at radius 3 is 2.33 bits per heavy atom. The molecule has 0 atom stereocenters. The molecule has 0 aliphatic carbocycles. The van der Waals surface area contributed by atoms with Gasteiger partial charge in [0.1, 0.15) is 5.76 Å². The van der Waals surface area contributed by atoms with E-state index >= 15 is 0 Å². The van der Waals surface area contributed by atoms with Gasteiger partial charge in [-0.2, -0.15) is 4.31 Å². The molecule has 1 N–H and O–H groups in total. The van der Waals surface area contributed by atoms with Gasteiger partial charge >= 0.3 is 0 Å². The molecule has 1 heterocycles. The molecule has 130 valence electrons. The van der Waals surface area contributed by atoms with Crippen LogP contribution in [0.1, 0.15) is 35.9 Å². The number of rotatable bonds is 7. The Balaban J connectivity index is 2.07. The van der Waals surface area contributed by atoms with Gasteiger partial charge in [0.15, 0.2) is 0 Å². The van der Waals surface area contributed by atoms with Gasteiger partial charge in [0.05, 0.1) is 17.6 Å². The third-order valence-electron chi connectivity index (χ3n) is 3.53. The van der Waals surface area contributed by atoms with Crippen molar-refractivity contribution in [1.29, 1.82) is 0 Å². The zero-order valence-electron chi connectivity index (χ0n) is 13.9. The van der Waals surface area contributed by atoms with Crippen LogP contribution >= 0.6 is 0 Å². The number of aryl methyl sites for hydroxylation is 1. The molecule has 1 aromatic carbocycles. The lowest BCUT2D eigenvalue weighted by atomic mass is 10.2. The largest absolute Gasteiger partial charge is 0.444 e. The minimum atomic E-state index is -3.52. The van der Waals surface area contributed by atoms with Crippen LogP contribution in [0.4, 0.5) is 0 Å². The Morgan fingerprint density at radius 2 is 1.83 bits per heavy atom. The lowest BCUT2D eigenvalue weighted by molar-refractivity contribution is 0.0947. The molecular formula is C16H21N3O4S. The fourth-order valence-corrected chi connectivity index (χ4v) is 3.69. The fraction of sp³-hybridized carbons (Fsp3) is 0.375. The monoisotopic (exact) mass is 351 g/mol. The topological polar surface area (TPSA) is 92.5 Å². The molecule has 1 aromatic heterocycles. The number of carbonyl (C=O) groups excluding carboxylic acids is 1. The van der Waals surface area contributed by atoms with E-state index in [0.29, 0.717) is 30.3 Å². The number of sulfonamides is 1. The van der Waals surface area contributed by atoms with E-state index in [2.05, 4.69) is 10.3 Å². The molecule has 2 aromatic rings. The summed E-state index contributed by atoms with van der Waals surface area (Å²) in [6.45, 7) is 6.31. The summed E-state index contributed by atoms with van der Waals surface area (Å²) in [6, 6.07) is 5.87. The molecule has 0 aliphatic heterocycles. The van der Waals surface area contributed by atoms with Gasteiger partial charge in [0, 0.05) is 18.7 Å². The minimum Gasteiger partial charge on any atom is -0.444 e. The van der Waals surface area contributed by atoms with Crippen LogP contribution in [0.15, 0.2) is 39.8 Å². The van der Waals surface area contributed by atoms with Crippen molar-refractivity contribution in [3.8, 4) is 0 Å². The van der Waals surface area contributed by atoms with Crippen molar-refractivity contribution in [3.05, 3.63) is 47.7 Å². The van der Waals surface area contributed by atoms with E-state index in [9.17, 15) is 13.2 Å². The first-order chi connectivity index (χ1) is 11.4. The highest BCUT2D eigenvalue weighted by atomic mass is 32.2. The Bertz CT molecular complexity index is 793. The second-order valence-electron chi connectivity index (χ2n) is 5.16. The number of aromatic nitrogens is 1. The summed E-state index contributed by atoms with van der Waals surface area (Å²) in [5, 5.41) is 2.68. The lowest BCUT2D eigenvalue weighted by Crippen LogP contribution is -2.30. The standard InChI is InChI=1S/C16H21N3O4S/c1-4-19(5-2)24(21,22)14-8-6-13(7-9-14)16(20)18-11-15-17-10-12(3)23-15/h6-10H,4-5,11H2,1-3H3,(H,18,20). The van der Waals surface area contributed by atoms with Gasteiger partial charge in [-0.25, -0.2) is 13.4 Å². The van der Waals surface area contributed by atoms with E-state index in [1.165, 1.54) is 28.6 Å². The van der Waals surface area contributed by atoms with Crippen molar-refractivity contribution in [2.45, 2.75) is 32.2 Å². The molecule has 0 saturated heterocycles. The average molecular weight is 351 g/mol. The Labute approximate surface area is 141 Å². The van der Waals surface area contributed by atoms with Crippen molar-refractivity contribution in [3.63, 3.8) is 0 Å². The molecule has 0 radical (unpaired) electrons. The van der Waals surface area contributed by atoms with Crippen molar-refractivity contribution in [1.82, 2.24) is 14.6 Å². The van der Waals surface area contributed by atoms with E-state index in [-0.39, 0.29) is 17.3 Å².